The minimum atomic E-state index is 0.115. The van der Waals surface area contributed by atoms with E-state index in [1.165, 1.54) is 0 Å². The van der Waals surface area contributed by atoms with Crippen LogP contribution < -0.4 is 0 Å². The molecule has 2 saturated heterocycles. The van der Waals surface area contributed by atoms with Crippen molar-refractivity contribution in [3.05, 3.63) is 24.3 Å². The fourth-order valence-corrected chi connectivity index (χ4v) is 3.00. The zero-order valence-electron chi connectivity index (χ0n) is 11.0. The highest BCUT2D eigenvalue weighted by molar-refractivity contribution is 5.79. The smallest absolute Gasteiger partial charge is 0.226 e. The first-order valence-electron chi connectivity index (χ1n) is 7.00. The number of hydrogen-bond acceptors (Lipinski definition) is 4. The van der Waals surface area contributed by atoms with Crippen LogP contribution in [-0.4, -0.2) is 40.5 Å². The molecule has 0 unspecified atom stereocenters. The van der Waals surface area contributed by atoms with Crippen LogP contribution in [0, 0.1) is 5.92 Å². The lowest BCUT2D eigenvalue weighted by Gasteiger charge is -2.30. The molecule has 1 amide bonds. The maximum atomic E-state index is 12.6. The highest BCUT2D eigenvalue weighted by Crippen LogP contribution is 2.33. The van der Waals surface area contributed by atoms with Crippen molar-refractivity contribution < 1.29 is 9.53 Å². The molecule has 19 heavy (non-hydrogen) atoms. The van der Waals surface area contributed by atoms with E-state index in [1.54, 1.807) is 18.6 Å². The molecule has 3 rings (SSSR count). The summed E-state index contributed by atoms with van der Waals surface area (Å²) in [7, 11) is 0. The van der Waals surface area contributed by atoms with Crippen molar-refractivity contribution in [3.63, 3.8) is 0 Å². The molecular weight excluding hydrogens is 242 g/mol. The molecule has 0 N–H and O–H groups in total. The topological polar surface area (TPSA) is 55.3 Å². The summed E-state index contributed by atoms with van der Waals surface area (Å²) in [4.78, 5) is 23.1. The molecular formula is C14H19N3O2. The van der Waals surface area contributed by atoms with Gasteiger partial charge in [-0.15, -0.1) is 0 Å². The summed E-state index contributed by atoms with van der Waals surface area (Å²) in [6, 6.07) is 0.115. The summed E-state index contributed by atoms with van der Waals surface area (Å²) in [5.74, 6) is 0.405. The van der Waals surface area contributed by atoms with Gasteiger partial charge in [0, 0.05) is 38.1 Å². The van der Waals surface area contributed by atoms with Crippen molar-refractivity contribution >= 4 is 5.91 Å². The minimum absolute atomic E-state index is 0.115. The van der Waals surface area contributed by atoms with Gasteiger partial charge in [-0.2, -0.15) is 0 Å². The molecule has 0 spiro atoms. The number of nitrogens with zero attached hydrogens (tertiary/aromatic N) is 3. The Labute approximate surface area is 113 Å². The van der Waals surface area contributed by atoms with Gasteiger partial charge < -0.3 is 9.64 Å². The van der Waals surface area contributed by atoms with Gasteiger partial charge in [0.1, 0.15) is 0 Å². The molecule has 0 aliphatic carbocycles. The van der Waals surface area contributed by atoms with Crippen LogP contribution in [0.15, 0.2) is 18.6 Å². The summed E-state index contributed by atoms with van der Waals surface area (Å²) in [6.07, 6.45) is 8.89. The van der Waals surface area contributed by atoms with Gasteiger partial charge in [0.25, 0.3) is 0 Å². The standard InChI is InChI=1S/C14H19N3O2/c18-14(11-3-8-19-9-4-11)17-7-1-2-13(17)12-10-15-5-6-16-12/h5-6,10-11,13H,1-4,7-9H2/t13-/m1/s1. The van der Waals surface area contributed by atoms with E-state index in [-0.39, 0.29) is 17.9 Å². The third kappa shape index (κ3) is 2.61. The van der Waals surface area contributed by atoms with E-state index in [0.29, 0.717) is 13.2 Å². The fraction of sp³-hybridized carbons (Fsp3) is 0.643. The predicted molar refractivity (Wildman–Crippen MR) is 69.3 cm³/mol. The van der Waals surface area contributed by atoms with E-state index >= 15 is 0 Å². The normalized spacial score (nSPS) is 24.6. The van der Waals surface area contributed by atoms with Gasteiger partial charge in [-0.25, -0.2) is 0 Å². The van der Waals surface area contributed by atoms with Crippen LogP contribution in [-0.2, 0) is 9.53 Å². The van der Waals surface area contributed by atoms with E-state index in [0.717, 1.165) is 37.9 Å². The lowest BCUT2D eigenvalue weighted by Crippen LogP contribution is -2.38. The number of ether oxygens (including phenoxy) is 1. The van der Waals surface area contributed by atoms with Crippen molar-refractivity contribution in [1.82, 2.24) is 14.9 Å². The molecule has 102 valence electrons. The van der Waals surface area contributed by atoms with Crippen molar-refractivity contribution in [2.24, 2.45) is 5.92 Å². The number of likely N-dealkylation sites (tertiary alicyclic amines) is 1. The molecule has 1 aromatic rings. The van der Waals surface area contributed by atoms with E-state index in [9.17, 15) is 4.79 Å². The largest absolute Gasteiger partial charge is 0.381 e. The van der Waals surface area contributed by atoms with Crippen molar-refractivity contribution in [2.75, 3.05) is 19.8 Å². The zero-order valence-corrected chi connectivity index (χ0v) is 11.0. The number of carbonyl (C=O) groups excluding carboxylic acids is 1. The number of aromatic nitrogens is 2. The van der Waals surface area contributed by atoms with E-state index < -0.39 is 0 Å². The second kappa shape index (κ2) is 5.65. The second-order valence-corrected chi connectivity index (χ2v) is 5.21. The third-order valence-corrected chi connectivity index (χ3v) is 4.03. The lowest BCUT2D eigenvalue weighted by molar-refractivity contribution is -0.139. The fourth-order valence-electron chi connectivity index (χ4n) is 3.00. The first-order valence-corrected chi connectivity index (χ1v) is 7.00. The molecule has 0 bridgehead atoms. The van der Waals surface area contributed by atoms with Gasteiger partial charge in [-0.05, 0) is 25.7 Å². The van der Waals surface area contributed by atoms with Gasteiger partial charge in [0.2, 0.25) is 5.91 Å². The lowest BCUT2D eigenvalue weighted by atomic mass is 9.98. The molecule has 1 atom stereocenters. The maximum Gasteiger partial charge on any atom is 0.226 e. The number of amides is 1. The summed E-state index contributed by atoms with van der Waals surface area (Å²) >= 11 is 0. The van der Waals surface area contributed by atoms with Crippen LogP contribution in [0.5, 0.6) is 0 Å². The van der Waals surface area contributed by atoms with Gasteiger partial charge in [-0.3, -0.25) is 14.8 Å². The van der Waals surface area contributed by atoms with Crippen LogP contribution in [0.25, 0.3) is 0 Å². The first kappa shape index (κ1) is 12.5. The molecule has 5 nitrogen and oxygen atoms in total. The maximum absolute atomic E-state index is 12.6. The average Bonchev–Trinajstić information content (AvgIpc) is 2.98. The predicted octanol–water partition coefficient (Wildman–Crippen LogP) is 1.57. The number of rotatable bonds is 2. The zero-order chi connectivity index (χ0) is 13.1. The second-order valence-electron chi connectivity index (χ2n) is 5.21. The van der Waals surface area contributed by atoms with E-state index in [2.05, 4.69) is 9.97 Å². The Bertz CT molecular complexity index is 432. The summed E-state index contributed by atoms with van der Waals surface area (Å²) in [5, 5.41) is 0. The molecule has 0 aromatic carbocycles. The Balaban J connectivity index is 1.74. The SMILES string of the molecule is O=C(C1CCOCC1)N1CCC[C@@H]1c1cnccn1. The Hall–Kier alpha value is -1.49. The number of hydrogen-bond donors (Lipinski definition) is 0. The van der Waals surface area contributed by atoms with Crippen LogP contribution in [0.2, 0.25) is 0 Å². The van der Waals surface area contributed by atoms with Gasteiger partial charge in [-0.1, -0.05) is 0 Å². The minimum Gasteiger partial charge on any atom is -0.381 e. The molecule has 2 fully saturated rings. The Kier molecular flexibility index (Phi) is 3.73. The molecule has 5 heteroatoms. The van der Waals surface area contributed by atoms with Crippen molar-refractivity contribution in [1.29, 1.82) is 0 Å². The van der Waals surface area contributed by atoms with Crippen molar-refractivity contribution in [2.45, 2.75) is 31.7 Å². The molecule has 0 saturated carbocycles. The van der Waals surface area contributed by atoms with Crippen LogP contribution >= 0.6 is 0 Å². The molecule has 0 radical (unpaired) electrons. The quantitative estimate of drug-likeness (QED) is 0.811. The number of carbonyl (C=O) groups is 1. The molecule has 2 aliphatic heterocycles. The first-order chi connectivity index (χ1) is 9.36. The average molecular weight is 261 g/mol. The Morgan fingerprint density at radius 2 is 2.11 bits per heavy atom. The van der Waals surface area contributed by atoms with E-state index in [1.807, 2.05) is 4.90 Å². The summed E-state index contributed by atoms with van der Waals surface area (Å²) in [5.41, 5.74) is 0.917. The van der Waals surface area contributed by atoms with Gasteiger partial charge >= 0.3 is 0 Å². The highest BCUT2D eigenvalue weighted by Gasteiger charge is 2.35. The van der Waals surface area contributed by atoms with Crippen LogP contribution in [0.4, 0.5) is 0 Å². The van der Waals surface area contributed by atoms with Crippen LogP contribution in [0.3, 0.4) is 0 Å². The third-order valence-electron chi connectivity index (χ3n) is 4.03. The molecule has 3 heterocycles. The van der Waals surface area contributed by atoms with E-state index in [4.69, 9.17) is 4.74 Å². The van der Waals surface area contributed by atoms with Crippen molar-refractivity contribution in [3.8, 4) is 0 Å². The van der Waals surface area contributed by atoms with Gasteiger partial charge in [0.05, 0.1) is 17.9 Å². The van der Waals surface area contributed by atoms with Gasteiger partial charge in [0.15, 0.2) is 0 Å². The Morgan fingerprint density at radius 3 is 2.84 bits per heavy atom. The molecule has 2 aliphatic rings. The summed E-state index contributed by atoms with van der Waals surface area (Å²) < 4.78 is 5.33. The van der Waals surface area contributed by atoms with Crippen LogP contribution in [0.1, 0.15) is 37.4 Å². The highest BCUT2D eigenvalue weighted by atomic mass is 16.5. The monoisotopic (exact) mass is 261 g/mol. The Morgan fingerprint density at radius 1 is 1.26 bits per heavy atom. The molecule has 1 aromatic heterocycles. The summed E-state index contributed by atoms with van der Waals surface area (Å²) in [6.45, 7) is 2.26.